The minimum atomic E-state index is -0.650. The number of rotatable bonds is 3. The number of hydrogen-bond acceptors (Lipinski definition) is 4. The SMILES string of the molecule is CN(C)c1ccc(NC(=O)C2COc3ccccc3O2)cc1. The molecule has 1 aliphatic heterocycles. The van der Waals surface area contributed by atoms with Crippen molar-refractivity contribution in [3.05, 3.63) is 48.5 Å². The summed E-state index contributed by atoms with van der Waals surface area (Å²) < 4.78 is 11.2. The summed E-state index contributed by atoms with van der Waals surface area (Å²) in [5.41, 5.74) is 1.81. The molecule has 2 aromatic carbocycles. The average molecular weight is 298 g/mol. The molecule has 0 saturated carbocycles. The summed E-state index contributed by atoms with van der Waals surface area (Å²) >= 11 is 0. The number of ether oxygens (including phenoxy) is 2. The van der Waals surface area contributed by atoms with Gasteiger partial charge in [0.2, 0.25) is 6.10 Å². The van der Waals surface area contributed by atoms with Gasteiger partial charge in [-0.1, -0.05) is 12.1 Å². The Kier molecular flexibility index (Phi) is 3.87. The van der Waals surface area contributed by atoms with Crippen LogP contribution in [0.25, 0.3) is 0 Å². The maximum absolute atomic E-state index is 12.3. The molecule has 1 unspecified atom stereocenters. The minimum absolute atomic E-state index is 0.207. The van der Waals surface area contributed by atoms with E-state index < -0.39 is 6.10 Å². The second kappa shape index (κ2) is 5.97. The minimum Gasteiger partial charge on any atom is -0.485 e. The molecule has 2 aromatic rings. The topological polar surface area (TPSA) is 50.8 Å². The van der Waals surface area contributed by atoms with E-state index in [2.05, 4.69) is 5.32 Å². The monoisotopic (exact) mass is 298 g/mol. The van der Waals surface area contributed by atoms with Crippen molar-refractivity contribution in [3.63, 3.8) is 0 Å². The molecule has 5 nitrogen and oxygen atoms in total. The first-order valence-corrected chi connectivity index (χ1v) is 7.10. The summed E-state index contributed by atoms with van der Waals surface area (Å²) in [4.78, 5) is 14.3. The van der Waals surface area contributed by atoms with Crippen molar-refractivity contribution in [1.82, 2.24) is 0 Å². The number of para-hydroxylation sites is 2. The third kappa shape index (κ3) is 2.98. The number of hydrogen-bond donors (Lipinski definition) is 1. The van der Waals surface area contributed by atoms with Gasteiger partial charge in [-0.05, 0) is 36.4 Å². The number of carbonyl (C=O) groups is 1. The van der Waals surface area contributed by atoms with Gasteiger partial charge in [0, 0.05) is 25.5 Å². The van der Waals surface area contributed by atoms with Crippen LogP contribution in [0.2, 0.25) is 0 Å². The van der Waals surface area contributed by atoms with Gasteiger partial charge < -0.3 is 19.7 Å². The third-order valence-electron chi connectivity index (χ3n) is 3.45. The van der Waals surface area contributed by atoms with E-state index in [1.54, 1.807) is 6.07 Å². The fraction of sp³-hybridized carbons (Fsp3) is 0.235. The smallest absolute Gasteiger partial charge is 0.269 e. The zero-order chi connectivity index (χ0) is 15.5. The fourth-order valence-corrected chi connectivity index (χ4v) is 2.21. The maximum Gasteiger partial charge on any atom is 0.269 e. The first-order chi connectivity index (χ1) is 10.6. The van der Waals surface area contributed by atoms with Gasteiger partial charge in [-0.2, -0.15) is 0 Å². The first kappa shape index (κ1) is 14.3. The van der Waals surface area contributed by atoms with Crippen LogP contribution >= 0.6 is 0 Å². The van der Waals surface area contributed by atoms with Gasteiger partial charge in [-0.3, -0.25) is 4.79 Å². The Balaban J connectivity index is 1.65. The Morgan fingerprint density at radius 2 is 1.77 bits per heavy atom. The van der Waals surface area contributed by atoms with Crippen LogP contribution in [-0.2, 0) is 4.79 Å². The van der Waals surface area contributed by atoms with Crippen molar-refractivity contribution in [2.24, 2.45) is 0 Å². The Hall–Kier alpha value is -2.69. The van der Waals surface area contributed by atoms with Crippen molar-refractivity contribution < 1.29 is 14.3 Å². The van der Waals surface area contributed by atoms with Gasteiger partial charge >= 0.3 is 0 Å². The van der Waals surface area contributed by atoms with Crippen LogP contribution in [0.1, 0.15) is 0 Å². The molecule has 1 amide bonds. The van der Waals surface area contributed by atoms with E-state index in [0.717, 1.165) is 11.4 Å². The number of amides is 1. The number of carbonyl (C=O) groups excluding carboxylic acids is 1. The second-order valence-corrected chi connectivity index (χ2v) is 5.29. The normalized spacial score (nSPS) is 16.0. The van der Waals surface area contributed by atoms with E-state index >= 15 is 0 Å². The summed E-state index contributed by atoms with van der Waals surface area (Å²) in [5.74, 6) is 1.05. The lowest BCUT2D eigenvalue weighted by Crippen LogP contribution is -2.40. The van der Waals surface area contributed by atoms with Crippen LogP contribution in [0.5, 0.6) is 11.5 Å². The van der Waals surface area contributed by atoms with E-state index in [9.17, 15) is 4.79 Å². The van der Waals surface area contributed by atoms with Crippen molar-refractivity contribution in [3.8, 4) is 11.5 Å². The lowest BCUT2D eigenvalue weighted by Gasteiger charge is -2.25. The zero-order valence-corrected chi connectivity index (χ0v) is 12.6. The molecule has 0 spiro atoms. The number of nitrogens with zero attached hydrogens (tertiary/aromatic N) is 1. The molecule has 5 heteroatoms. The summed E-state index contributed by atoms with van der Waals surface area (Å²) in [7, 11) is 3.94. The fourth-order valence-electron chi connectivity index (χ4n) is 2.21. The van der Waals surface area contributed by atoms with E-state index in [4.69, 9.17) is 9.47 Å². The highest BCUT2D eigenvalue weighted by Crippen LogP contribution is 2.31. The Bertz CT molecular complexity index is 668. The van der Waals surface area contributed by atoms with E-state index in [1.807, 2.05) is 61.5 Å². The summed E-state index contributed by atoms with van der Waals surface area (Å²) in [6.07, 6.45) is -0.650. The van der Waals surface area contributed by atoms with Gasteiger partial charge in [0.25, 0.3) is 5.91 Å². The number of fused-ring (bicyclic) bond motifs is 1. The van der Waals surface area contributed by atoms with E-state index in [-0.39, 0.29) is 12.5 Å². The summed E-state index contributed by atoms with van der Waals surface area (Å²) in [6, 6.07) is 15.0. The molecule has 0 bridgehead atoms. The van der Waals surface area contributed by atoms with Crippen molar-refractivity contribution in [2.45, 2.75) is 6.10 Å². The van der Waals surface area contributed by atoms with Gasteiger partial charge in [0.15, 0.2) is 11.5 Å². The van der Waals surface area contributed by atoms with Crippen LogP contribution in [0.4, 0.5) is 11.4 Å². The Morgan fingerprint density at radius 1 is 1.09 bits per heavy atom. The van der Waals surface area contributed by atoms with Gasteiger partial charge in [0.1, 0.15) is 6.61 Å². The molecule has 0 aromatic heterocycles. The summed E-state index contributed by atoms with van der Waals surface area (Å²) in [6.45, 7) is 0.207. The molecule has 114 valence electrons. The van der Waals surface area contributed by atoms with Crippen LogP contribution in [-0.4, -0.2) is 32.7 Å². The van der Waals surface area contributed by atoms with E-state index in [0.29, 0.717) is 11.5 Å². The molecule has 1 atom stereocenters. The lowest BCUT2D eigenvalue weighted by molar-refractivity contribution is -0.125. The van der Waals surface area contributed by atoms with E-state index in [1.165, 1.54) is 0 Å². The predicted molar refractivity (Wildman–Crippen MR) is 85.8 cm³/mol. The highest BCUT2D eigenvalue weighted by atomic mass is 16.6. The zero-order valence-electron chi connectivity index (χ0n) is 12.6. The molecule has 0 aliphatic carbocycles. The molecule has 3 rings (SSSR count). The molecule has 0 saturated heterocycles. The molecular formula is C17H18N2O3. The Labute approximate surface area is 129 Å². The molecule has 1 heterocycles. The van der Waals surface area contributed by atoms with Gasteiger partial charge in [-0.25, -0.2) is 0 Å². The van der Waals surface area contributed by atoms with Crippen LogP contribution < -0.4 is 19.7 Å². The van der Waals surface area contributed by atoms with Crippen molar-refractivity contribution in [1.29, 1.82) is 0 Å². The summed E-state index contributed by atoms with van der Waals surface area (Å²) in [5, 5.41) is 2.85. The number of benzene rings is 2. The van der Waals surface area contributed by atoms with Crippen LogP contribution in [0.3, 0.4) is 0 Å². The number of nitrogens with one attached hydrogen (secondary N) is 1. The van der Waals surface area contributed by atoms with Crippen LogP contribution in [0, 0.1) is 0 Å². The lowest BCUT2D eigenvalue weighted by atomic mass is 10.2. The molecule has 22 heavy (non-hydrogen) atoms. The molecular weight excluding hydrogens is 280 g/mol. The van der Waals surface area contributed by atoms with Crippen molar-refractivity contribution in [2.75, 3.05) is 30.9 Å². The Morgan fingerprint density at radius 3 is 2.45 bits per heavy atom. The van der Waals surface area contributed by atoms with Gasteiger partial charge in [-0.15, -0.1) is 0 Å². The highest BCUT2D eigenvalue weighted by Gasteiger charge is 2.27. The molecule has 1 N–H and O–H groups in total. The molecule has 0 radical (unpaired) electrons. The highest BCUT2D eigenvalue weighted by molar-refractivity contribution is 5.94. The number of anilines is 2. The average Bonchev–Trinajstić information content (AvgIpc) is 2.55. The largest absolute Gasteiger partial charge is 0.485 e. The van der Waals surface area contributed by atoms with Gasteiger partial charge in [0.05, 0.1) is 0 Å². The molecule has 0 fully saturated rings. The predicted octanol–water partition coefficient (Wildman–Crippen LogP) is 2.53. The quantitative estimate of drug-likeness (QED) is 0.946. The van der Waals surface area contributed by atoms with Crippen LogP contribution in [0.15, 0.2) is 48.5 Å². The first-order valence-electron chi connectivity index (χ1n) is 7.10. The molecule has 1 aliphatic rings. The second-order valence-electron chi connectivity index (χ2n) is 5.29. The standard InChI is InChI=1S/C17H18N2O3/c1-19(2)13-9-7-12(8-10-13)18-17(20)16-11-21-14-5-3-4-6-15(14)22-16/h3-10,16H,11H2,1-2H3,(H,18,20). The van der Waals surface area contributed by atoms with Crippen molar-refractivity contribution >= 4 is 17.3 Å². The maximum atomic E-state index is 12.3. The third-order valence-corrected chi connectivity index (χ3v) is 3.45.